The van der Waals surface area contributed by atoms with E-state index in [9.17, 15) is 0 Å². The number of fused-ring (bicyclic) bond motifs is 2. The summed E-state index contributed by atoms with van der Waals surface area (Å²) in [6, 6.07) is 16.6. The fourth-order valence-electron chi connectivity index (χ4n) is 2.59. The average molecular weight is 243 g/mol. The second-order valence-corrected chi connectivity index (χ2v) is 4.57. The summed E-state index contributed by atoms with van der Waals surface area (Å²) in [4.78, 5) is 7.39. The number of para-hydroxylation sites is 1. The molecule has 0 bridgehead atoms. The van der Waals surface area contributed by atoms with Crippen molar-refractivity contribution in [2.75, 3.05) is 0 Å². The number of nitrogens with one attached hydrogen (secondary N) is 1. The van der Waals surface area contributed by atoms with Crippen LogP contribution in [0.25, 0.3) is 32.8 Å². The first-order chi connectivity index (χ1) is 9.43. The quantitative estimate of drug-likeness (QED) is 0.533. The van der Waals surface area contributed by atoms with E-state index in [1.807, 2.05) is 18.2 Å². The molecule has 0 saturated carbocycles. The molecule has 2 aromatic carbocycles. The number of aromatic nitrogens is 2. The molecule has 0 unspecified atom stereocenters. The summed E-state index contributed by atoms with van der Waals surface area (Å²) >= 11 is 0. The Labute approximate surface area is 110 Å². The molecule has 4 rings (SSSR count). The van der Waals surface area contributed by atoms with Gasteiger partial charge in [0.2, 0.25) is 0 Å². The molecule has 0 fully saturated rings. The Morgan fingerprint density at radius 3 is 2.79 bits per heavy atom. The molecule has 2 heteroatoms. The summed E-state index contributed by atoms with van der Waals surface area (Å²) < 4.78 is 0. The van der Waals surface area contributed by atoms with Gasteiger partial charge in [-0.1, -0.05) is 36.4 Å². The normalized spacial score (nSPS) is 11.2. The van der Waals surface area contributed by atoms with Gasteiger partial charge in [0.05, 0.1) is 6.20 Å². The smallest absolute Gasteiger partial charge is 0.0970 e. The maximum Gasteiger partial charge on any atom is 0.0970 e. The summed E-state index contributed by atoms with van der Waals surface area (Å²) in [5.74, 6) is 0. The van der Waals surface area contributed by atoms with Crippen LogP contribution < -0.4 is 0 Å². The summed E-state index contributed by atoms with van der Waals surface area (Å²) in [7, 11) is 0. The van der Waals surface area contributed by atoms with Crippen LogP contribution in [0.4, 0.5) is 0 Å². The van der Waals surface area contributed by atoms with Gasteiger partial charge in [-0.05, 0) is 23.1 Å². The Bertz CT molecular complexity index is 869. The monoisotopic (exact) mass is 243 g/mol. The van der Waals surface area contributed by atoms with Gasteiger partial charge >= 0.3 is 0 Å². The lowest BCUT2D eigenvalue weighted by molar-refractivity contribution is 1.35. The van der Waals surface area contributed by atoms with Gasteiger partial charge in [-0.25, -0.2) is 0 Å². The summed E-state index contributed by atoms with van der Waals surface area (Å²) in [5.41, 5.74) is 3.60. The number of benzene rings is 2. The number of nitrogens with zero attached hydrogens (tertiary/aromatic N) is 1. The fraction of sp³-hybridized carbons (Fsp3) is 0. The molecule has 4 aromatic rings. The van der Waals surface area contributed by atoms with Crippen molar-refractivity contribution < 1.29 is 0 Å². The molecular formula is C17H11N2. The lowest BCUT2D eigenvalue weighted by Crippen LogP contribution is -1.81. The van der Waals surface area contributed by atoms with E-state index in [4.69, 9.17) is 0 Å². The van der Waals surface area contributed by atoms with Crippen LogP contribution in [0.15, 0.2) is 60.9 Å². The zero-order chi connectivity index (χ0) is 12.7. The van der Waals surface area contributed by atoms with Crippen molar-refractivity contribution in [3.63, 3.8) is 0 Å². The summed E-state index contributed by atoms with van der Waals surface area (Å²) in [6.45, 7) is 0. The van der Waals surface area contributed by atoms with Crippen LogP contribution in [0.1, 0.15) is 0 Å². The van der Waals surface area contributed by atoms with Gasteiger partial charge in [-0.3, -0.25) is 4.98 Å². The van der Waals surface area contributed by atoms with Gasteiger partial charge in [-0.2, -0.15) is 0 Å². The molecule has 0 aliphatic heterocycles. The molecule has 89 valence electrons. The minimum atomic E-state index is 1.05. The molecule has 0 spiro atoms. The molecule has 1 radical (unpaired) electrons. The lowest BCUT2D eigenvalue weighted by atomic mass is 9.99. The van der Waals surface area contributed by atoms with Crippen LogP contribution in [0.5, 0.6) is 0 Å². The fourth-order valence-corrected chi connectivity index (χ4v) is 2.59. The van der Waals surface area contributed by atoms with E-state index < -0.39 is 0 Å². The third-order valence-corrected chi connectivity index (χ3v) is 3.49. The number of hydrogen-bond donors (Lipinski definition) is 1. The molecule has 2 nitrogen and oxygen atoms in total. The van der Waals surface area contributed by atoms with Gasteiger partial charge in [0.25, 0.3) is 0 Å². The first-order valence-electron chi connectivity index (χ1n) is 6.25. The number of rotatable bonds is 1. The third kappa shape index (κ3) is 1.54. The van der Waals surface area contributed by atoms with Crippen molar-refractivity contribution in [1.29, 1.82) is 0 Å². The Morgan fingerprint density at radius 2 is 1.79 bits per heavy atom. The molecule has 0 aliphatic rings. The van der Waals surface area contributed by atoms with E-state index in [0.29, 0.717) is 0 Å². The van der Waals surface area contributed by atoms with Gasteiger partial charge in [0, 0.05) is 34.2 Å². The molecular weight excluding hydrogens is 232 g/mol. The minimum Gasteiger partial charge on any atom is -0.361 e. The second-order valence-electron chi connectivity index (χ2n) is 4.57. The van der Waals surface area contributed by atoms with Crippen molar-refractivity contribution in [3.05, 3.63) is 67.1 Å². The first kappa shape index (κ1) is 10.3. The zero-order valence-electron chi connectivity index (χ0n) is 10.2. The predicted molar refractivity (Wildman–Crippen MR) is 77.9 cm³/mol. The lowest BCUT2D eigenvalue weighted by Gasteiger charge is -2.04. The third-order valence-electron chi connectivity index (χ3n) is 3.49. The maximum absolute atomic E-state index is 4.06. The van der Waals surface area contributed by atoms with E-state index in [1.165, 1.54) is 21.9 Å². The van der Waals surface area contributed by atoms with Crippen LogP contribution in [0, 0.1) is 6.20 Å². The van der Waals surface area contributed by atoms with Crippen molar-refractivity contribution in [1.82, 2.24) is 9.97 Å². The highest BCUT2D eigenvalue weighted by Crippen LogP contribution is 2.33. The van der Waals surface area contributed by atoms with Crippen LogP contribution in [-0.2, 0) is 0 Å². The Morgan fingerprint density at radius 1 is 0.842 bits per heavy atom. The Kier molecular flexibility index (Phi) is 2.15. The van der Waals surface area contributed by atoms with Crippen LogP contribution >= 0.6 is 0 Å². The average Bonchev–Trinajstić information content (AvgIpc) is 2.90. The Hall–Kier alpha value is -2.61. The van der Waals surface area contributed by atoms with Crippen molar-refractivity contribution >= 4 is 21.7 Å². The highest BCUT2D eigenvalue weighted by molar-refractivity contribution is 6.04. The summed E-state index contributed by atoms with van der Waals surface area (Å²) in [6.07, 6.45) is 6.90. The molecule has 0 saturated heterocycles. The standard InChI is InChI=1S/C17H11N2/c1-2-7-17-15(5-1)16(11-19-17)14-6-3-4-12-10-18-9-8-13(12)14/h1-9,11,19H. The topological polar surface area (TPSA) is 28.7 Å². The van der Waals surface area contributed by atoms with E-state index in [-0.39, 0.29) is 0 Å². The SMILES string of the molecule is [c]1nccc2c(-c3c[nH]c4ccccc34)cccc12. The van der Waals surface area contributed by atoms with E-state index in [2.05, 4.69) is 52.7 Å². The number of H-pyrrole nitrogens is 1. The van der Waals surface area contributed by atoms with Gasteiger partial charge in [0.15, 0.2) is 0 Å². The first-order valence-corrected chi connectivity index (χ1v) is 6.25. The molecule has 2 heterocycles. The molecule has 0 aliphatic carbocycles. The number of hydrogen-bond acceptors (Lipinski definition) is 1. The van der Waals surface area contributed by atoms with Crippen molar-refractivity contribution in [2.24, 2.45) is 0 Å². The van der Waals surface area contributed by atoms with Crippen LogP contribution in [0.3, 0.4) is 0 Å². The molecule has 19 heavy (non-hydrogen) atoms. The molecule has 0 atom stereocenters. The van der Waals surface area contributed by atoms with E-state index >= 15 is 0 Å². The number of pyridine rings is 1. The largest absolute Gasteiger partial charge is 0.361 e. The molecule has 1 N–H and O–H groups in total. The van der Waals surface area contributed by atoms with E-state index in [0.717, 1.165) is 10.9 Å². The summed E-state index contributed by atoms with van der Waals surface area (Å²) in [5, 5.41) is 3.47. The Balaban J connectivity index is 2.10. The predicted octanol–water partition coefficient (Wildman–Crippen LogP) is 4.18. The number of aromatic amines is 1. The van der Waals surface area contributed by atoms with Gasteiger partial charge < -0.3 is 4.98 Å². The van der Waals surface area contributed by atoms with E-state index in [1.54, 1.807) is 6.20 Å². The molecule has 0 amide bonds. The van der Waals surface area contributed by atoms with Crippen LogP contribution in [0.2, 0.25) is 0 Å². The van der Waals surface area contributed by atoms with Gasteiger partial charge in [-0.15, -0.1) is 0 Å². The van der Waals surface area contributed by atoms with Crippen molar-refractivity contribution in [2.45, 2.75) is 0 Å². The van der Waals surface area contributed by atoms with Gasteiger partial charge in [0.1, 0.15) is 0 Å². The molecule has 2 aromatic heterocycles. The highest BCUT2D eigenvalue weighted by Gasteiger charge is 2.08. The van der Waals surface area contributed by atoms with Crippen molar-refractivity contribution in [3.8, 4) is 11.1 Å². The highest BCUT2D eigenvalue weighted by atomic mass is 14.7. The minimum absolute atomic E-state index is 1.05. The zero-order valence-corrected chi connectivity index (χ0v) is 10.2. The van der Waals surface area contributed by atoms with Crippen LogP contribution in [-0.4, -0.2) is 9.97 Å². The second kappa shape index (κ2) is 3.95. The maximum atomic E-state index is 4.06.